The Balaban J connectivity index is 1.97. The summed E-state index contributed by atoms with van der Waals surface area (Å²) in [4.78, 5) is 2.57. The second-order valence-electron chi connectivity index (χ2n) is 5.16. The zero-order chi connectivity index (χ0) is 13.0. The molecular weight excluding hydrogens is 290 g/mol. The molecule has 2 rings (SSSR count). The molecule has 18 heavy (non-hydrogen) atoms. The molecular formula is C15H22BrNO. The Morgan fingerprint density at radius 1 is 1.33 bits per heavy atom. The summed E-state index contributed by atoms with van der Waals surface area (Å²) in [5.41, 5.74) is 2.77. The summed E-state index contributed by atoms with van der Waals surface area (Å²) in [6, 6.07) is 7.22. The van der Waals surface area contributed by atoms with E-state index in [2.05, 4.69) is 46.0 Å². The summed E-state index contributed by atoms with van der Waals surface area (Å²) < 4.78 is 1.20. The first-order valence-corrected chi connectivity index (χ1v) is 7.60. The first kappa shape index (κ1) is 14.0. The minimum Gasteiger partial charge on any atom is -0.396 e. The van der Waals surface area contributed by atoms with Crippen molar-refractivity contribution in [3.63, 3.8) is 0 Å². The number of halogens is 1. The molecule has 0 unspecified atom stereocenters. The molecule has 1 aliphatic carbocycles. The van der Waals surface area contributed by atoms with Crippen LogP contribution in [0.5, 0.6) is 0 Å². The fourth-order valence-corrected chi connectivity index (χ4v) is 2.71. The predicted molar refractivity (Wildman–Crippen MR) is 78.6 cm³/mol. The van der Waals surface area contributed by atoms with Crippen LogP contribution in [-0.4, -0.2) is 29.2 Å². The summed E-state index contributed by atoms with van der Waals surface area (Å²) in [5, 5.41) is 8.88. The average Bonchev–Trinajstić information content (AvgIpc) is 3.18. The Kier molecular flexibility index (Phi) is 5.22. The van der Waals surface area contributed by atoms with Gasteiger partial charge in [-0.05, 0) is 56.3 Å². The van der Waals surface area contributed by atoms with Crippen molar-refractivity contribution in [1.82, 2.24) is 4.90 Å². The number of unbranched alkanes of at least 4 members (excludes halogenated alkanes) is 1. The summed E-state index contributed by atoms with van der Waals surface area (Å²) in [6.07, 6.45) is 4.69. The monoisotopic (exact) mass is 311 g/mol. The molecule has 1 fully saturated rings. The zero-order valence-corrected chi connectivity index (χ0v) is 12.6. The van der Waals surface area contributed by atoms with Crippen LogP contribution in [0.15, 0.2) is 22.7 Å². The molecule has 1 aliphatic rings. The topological polar surface area (TPSA) is 23.5 Å². The van der Waals surface area contributed by atoms with Gasteiger partial charge >= 0.3 is 0 Å². The highest BCUT2D eigenvalue weighted by Gasteiger charge is 2.28. The van der Waals surface area contributed by atoms with E-state index in [0.717, 1.165) is 32.0 Å². The van der Waals surface area contributed by atoms with Gasteiger partial charge in [0.05, 0.1) is 0 Å². The van der Waals surface area contributed by atoms with Gasteiger partial charge in [-0.3, -0.25) is 4.90 Å². The third-order valence-corrected chi connectivity index (χ3v) is 4.53. The fourth-order valence-electron chi connectivity index (χ4n) is 2.30. The van der Waals surface area contributed by atoms with Gasteiger partial charge in [0.15, 0.2) is 0 Å². The van der Waals surface area contributed by atoms with Gasteiger partial charge in [-0.2, -0.15) is 0 Å². The number of benzene rings is 1. The lowest BCUT2D eigenvalue weighted by Gasteiger charge is -2.23. The number of aliphatic hydroxyl groups is 1. The average molecular weight is 312 g/mol. The van der Waals surface area contributed by atoms with E-state index in [4.69, 9.17) is 5.11 Å². The molecule has 1 aromatic carbocycles. The lowest BCUT2D eigenvalue weighted by Crippen LogP contribution is -2.27. The molecule has 0 heterocycles. The van der Waals surface area contributed by atoms with E-state index in [9.17, 15) is 0 Å². The Bertz CT molecular complexity index is 390. The highest BCUT2D eigenvalue weighted by atomic mass is 79.9. The number of rotatable bonds is 7. The molecule has 0 atom stereocenters. The van der Waals surface area contributed by atoms with Gasteiger partial charge in [0.2, 0.25) is 0 Å². The van der Waals surface area contributed by atoms with Crippen molar-refractivity contribution in [1.29, 1.82) is 0 Å². The summed E-state index contributed by atoms with van der Waals surface area (Å²) in [6.45, 7) is 4.64. The lowest BCUT2D eigenvalue weighted by atomic mass is 10.1. The molecule has 2 nitrogen and oxygen atoms in total. The van der Waals surface area contributed by atoms with Gasteiger partial charge in [0.1, 0.15) is 0 Å². The summed E-state index contributed by atoms with van der Waals surface area (Å²) in [5.74, 6) is 0. The zero-order valence-electron chi connectivity index (χ0n) is 11.0. The maximum Gasteiger partial charge on any atom is 0.0431 e. The smallest absolute Gasteiger partial charge is 0.0431 e. The molecule has 0 saturated heterocycles. The Labute approximate surface area is 118 Å². The molecule has 3 heteroatoms. The van der Waals surface area contributed by atoms with E-state index in [1.807, 2.05) is 0 Å². The number of nitrogens with zero attached hydrogens (tertiary/aromatic N) is 1. The van der Waals surface area contributed by atoms with Crippen molar-refractivity contribution in [2.24, 2.45) is 0 Å². The third-order valence-electron chi connectivity index (χ3n) is 3.67. The van der Waals surface area contributed by atoms with Gasteiger partial charge in [-0.25, -0.2) is 0 Å². The molecule has 0 spiro atoms. The second-order valence-corrected chi connectivity index (χ2v) is 6.01. The van der Waals surface area contributed by atoms with Crippen LogP contribution in [0.1, 0.15) is 36.8 Å². The van der Waals surface area contributed by atoms with Crippen molar-refractivity contribution in [2.75, 3.05) is 13.2 Å². The van der Waals surface area contributed by atoms with E-state index < -0.39 is 0 Å². The van der Waals surface area contributed by atoms with E-state index in [1.165, 1.54) is 28.4 Å². The maximum atomic E-state index is 8.88. The van der Waals surface area contributed by atoms with Gasteiger partial charge in [0, 0.05) is 23.7 Å². The van der Waals surface area contributed by atoms with E-state index in [1.54, 1.807) is 0 Å². The Hall–Kier alpha value is -0.380. The molecule has 1 saturated carbocycles. The van der Waals surface area contributed by atoms with E-state index in [-0.39, 0.29) is 0 Å². The highest BCUT2D eigenvalue weighted by molar-refractivity contribution is 9.10. The largest absolute Gasteiger partial charge is 0.396 e. The van der Waals surface area contributed by atoms with Crippen molar-refractivity contribution in [3.05, 3.63) is 33.8 Å². The van der Waals surface area contributed by atoms with E-state index >= 15 is 0 Å². The van der Waals surface area contributed by atoms with Crippen LogP contribution in [0.2, 0.25) is 0 Å². The number of hydrogen-bond acceptors (Lipinski definition) is 2. The van der Waals surface area contributed by atoms with Crippen LogP contribution < -0.4 is 0 Å². The van der Waals surface area contributed by atoms with Crippen molar-refractivity contribution in [3.8, 4) is 0 Å². The lowest BCUT2D eigenvalue weighted by molar-refractivity contribution is 0.228. The van der Waals surface area contributed by atoms with Crippen molar-refractivity contribution >= 4 is 15.9 Å². The quantitative estimate of drug-likeness (QED) is 0.779. The maximum absolute atomic E-state index is 8.88. The minimum absolute atomic E-state index is 0.314. The predicted octanol–water partition coefficient (Wildman–Crippen LogP) is 3.49. The van der Waals surface area contributed by atoms with Gasteiger partial charge in [0.25, 0.3) is 0 Å². The Morgan fingerprint density at radius 3 is 2.78 bits per heavy atom. The molecule has 0 aliphatic heterocycles. The SMILES string of the molecule is Cc1c(Br)cccc1CN(CCCCO)C1CC1. The van der Waals surface area contributed by atoms with Crippen molar-refractivity contribution in [2.45, 2.75) is 45.2 Å². The number of hydrogen-bond donors (Lipinski definition) is 1. The van der Waals surface area contributed by atoms with Gasteiger partial charge in [-0.15, -0.1) is 0 Å². The highest BCUT2D eigenvalue weighted by Crippen LogP contribution is 2.30. The molecule has 0 aromatic heterocycles. The standard InChI is InChI=1S/C15H22BrNO/c1-12-13(5-4-6-15(12)16)11-17(14-7-8-14)9-2-3-10-18/h4-6,14,18H,2-3,7-11H2,1H3. The Morgan fingerprint density at radius 2 is 2.11 bits per heavy atom. The first-order chi connectivity index (χ1) is 8.72. The van der Waals surface area contributed by atoms with Gasteiger partial charge < -0.3 is 5.11 Å². The van der Waals surface area contributed by atoms with Crippen LogP contribution in [-0.2, 0) is 6.54 Å². The molecule has 0 bridgehead atoms. The van der Waals surface area contributed by atoms with Crippen LogP contribution in [0.25, 0.3) is 0 Å². The molecule has 0 amide bonds. The summed E-state index contributed by atoms with van der Waals surface area (Å²) >= 11 is 3.60. The van der Waals surface area contributed by atoms with Crippen LogP contribution >= 0.6 is 15.9 Å². The molecule has 100 valence electrons. The fraction of sp³-hybridized carbons (Fsp3) is 0.600. The second kappa shape index (κ2) is 6.69. The molecule has 0 radical (unpaired) electrons. The molecule has 1 aromatic rings. The normalized spacial score (nSPS) is 15.3. The number of aliphatic hydroxyl groups excluding tert-OH is 1. The minimum atomic E-state index is 0.314. The third kappa shape index (κ3) is 3.81. The molecule has 1 N–H and O–H groups in total. The summed E-state index contributed by atoms with van der Waals surface area (Å²) in [7, 11) is 0. The van der Waals surface area contributed by atoms with Crippen molar-refractivity contribution < 1.29 is 5.11 Å². The van der Waals surface area contributed by atoms with Crippen LogP contribution in [0.3, 0.4) is 0 Å². The van der Waals surface area contributed by atoms with Gasteiger partial charge in [-0.1, -0.05) is 28.1 Å². The first-order valence-electron chi connectivity index (χ1n) is 6.81. The van der Waals surface area contributed by atoms with Crippen LogP contribution in [0, 0.1) is 6.92 Å². The van der Waals surface area contributed by atoms with E-state index in [0.29, 0.717) is 6.61 Å². The van der Waals surface area contributed by atoms with Crippen LogP contribution in [0.4, 0.5) is 0 Å².